The number of para-hydroxylation sites is 1. The summed E-state index contributed by atoms with van der Waals surface area (Å²) in [6.45, 7) is 2.65. The van der Waals surface area contributed by atoms with E-state index in [0.29, 0.717) is 13.1 Å². The van der Waals surface area contributed by atoms with E-state index in [4.69, 9.17) is 0 Å². The molecule has 1 atom stereocenters. The molecule has 1 aromatic heterocycles. The Hall–Kier alpha value is -3.19. The molecule has 3 aromatic rings. The summed E-state index contributed by atoms with van der Waals surface area (Å²) in [5.74, 6) is -0.535. The van der Waals surface area contributed by atoms with Gasteiger partial charge in [-0.05, 0) is 30.7 Å². The van der Waals surface area contributed by atoms with E-state index in [1.54, 1.807) is 24.3 Å². The maximum absolute atomic E-state index is 12.1. The first kappa shape index (κ1) is 19.6. The molecule has 0 aliphatic heterocycles. The number of benzene rings is 2. The molecule has 0 aliphatic carbocycles. The third kappa shape index (κ3) is 5.65. The molecule has 0 bridgehead atoms. The van der Waals surface area contributed by atoms with E-state index >= 15 is 0 Å². The Labute approximate surface area is 167 Å². The molecule has 0 saturated heterocycles. The fourth-order valence-electron chi connectivity index (χ4n) is 2.52. The van der Waals surface area contributed by atoms with Crippen molar-refractivity contribution >= 4 is 44.6 Å². The summed E-state index contributed by atoms with van der Waals surface area (Å²) in [6, 6.07) is 16.8. The van der Waals surface area contributed by atoms with E-state index in [1.807, 2.05) is 54.6 Å². The Kier molecular flexibility index (Phi) is 6.75. The summed E-state index contributed by atoms with van der Waals surface area (Å²) in [7, 11) is 0. The van der Waals surface area contributed by atoms with E-state index in [-0.39, 0.29) is 11.8 Å². The van der Waals surface area contributed by atoms with Crippen LogP contribution in [-0.2, 0) is 9.59 Å². The third-order valence-electron chi connectivity index (χ3n) is 3.97. The quantitative estimate of drug-likeness (QED) is 0.405. The van der Waals surface area contributed by atoms with Crippen molar-refractivity contribution in [3.05, 3.63) is 66.2 Å². The lowest BCUT2D eigenvalue weighted by atomic mass is 10.2. The SMILES string of the molecule is CC(NC(=O)/C=C/c1ccccc1)C(=O)NCCNc1nc2ccccc2s1. The zero-order valence-corrected chi connectivity index (χ0v) is 16.3. The number of nitrogens with zero attached hydrogens (tertiary/aromatic N) is 1. The predicted octanol–water partition coefficient (Wildman–Crippen LogP) is 3.04. The average molecular weight is 395 g/mol. The molecule has 1 heterocycles. The summed E-state index contributed by atoms with van der Waals surface area (Å²) >= 11 is 1.57. The topological polar surface area (TPSA) is 83.1 Å². The molecule has 144 valence electrons. The van der Waals surface area contributed by atoms with Crippen molar-refractivity contribution in [3.8, 4) is 0 Å². The number of amides is 2. The normalized spacial score (nSPS) is 12.0. The molecular weight excluding hydrogens is 372 g/mol. The molecule has 0 fully saturated rings. The smallest absolute Gasteiger partial charge is 0.244 e. The van der Waals surface area contributed by atoms with Gasteiger partial charge in [0.15, 0.2) is 5.13 Å². The van der Waals surface area contributed by atoms with Crippen LogP contribution in [0.5, 0.6) is 0 Å². The second-order valence-corrected chi connectivity index (χ2v) is 7.21. The second kappa shape index (κ2) is 9.66. The molecule has 2 amide bonds. The largest absolute Gasteiger partial charge is 0.360 e. The summed E-state index contributed by atoms with van der Waals surface area (Å²) in [5.41, 5.74) is 1.88. The molecule has 2 aromatic carbocycles. The predicted molar refractivity (Wildman–Crippen MR) is 114 cm³/mol. The van der Waals surface area contributed by atoms with E-state index in [2.05, 4.69) is 20.9 Å². The zero-order chi connectivity index (χ0) is 19.8. The molecule has 0 aliphatic rings. The molecule has 3 rings (SSSR count). The van der Waals surface area contributed by atoms with Crippen LogP contribution in [0, 0.1) is 0 Å². The van der Waals surface area contributed by atoms with Gasteiger partial charge < -0.3 is 16.0 Å². The van der Waals surface area contributed by atoms with Crippen LogP contribution in [0.15, 0.2) is 60.7 Å². The van der Waals surface area contributed by atoms with Crippen LogP contribution in [0.25, 0.3) is 16.3 Å². The Morgan fingerprint density at radius 2 is 1.82 bits per heavy atom. The summed E-state index contributed by atoms with van der Waals surface area (Å²) < 4.78 is 1.12. The van der Waals surface area contributed by atoms with Crippen LogP contribution in [-0.4, -0.2) is 35.9 Å². The lowest BCUT2D eigenvalue weighted by Crippen LogP contribution is -2.45. The molecule has 1 unspecified atom stereocenters. The van der Waals surface area contributed by atoms with Crippen LogP contribution >= 0.6 is 11.3 Å². The van der Waals surface area contributed by atoms with Gasteiger partial charge in [0, 0.05) is 19.2 Å². The number of carbonyl (C=O) groups is 2. The fraction of sp³-hybridized carbons (Fsp3) is 0.190. The summed E-state index contributed by atoms with van der Waals surface area (Å²) in [4.78, 5) is 28.5. The van der Waals surface area contributed by atoms with Gasteiger partial charge in [-0.25, -0.2) is 4.98 Å². The van der Waals surface area contributed by atoms with Crippen molar-refractivity contribution in [3.63, 3.8) is 0 Å². The van der Waals surface area contributed by atoms with Crippen LogP contribution < -0.4 is 16.0 Å². The Balaban J connectivity index is 1.38. The fourth-order valence-corrected chi connectivity index (χ4v) is 3.41. The zero-order valence-electron chi connectivity index (χ0n) is 15.5. The monoisotopic (exact) mass is 394 g/mol. The summed E-state index contributed by atoms with van der Waals surface area (Å²) in [6.07, 6.45) is 3.13. The van der Waals surface area contributed by atoms with Gasteiger partial charge in [-0.3, -0.25) is 9.59 Å². The van der Waals surface area contributed by atoms with Gasteiger partial charge in [-0.1, -0.05) is 53.8 Å². The molecule has 7 heteroatoms. The first-order chi connectivity index (χ1) is 13.6. The minimum atomic E-state index is -0.615. The van der Waals surface area contributed by atoms with Crippen molar-refractivity contribution in [1.82, 2.24) is 15.6 Å². The van der Waals surface area contributed by atoms with Gasteiger partial charge in [0.2, 0.25) is 11.8 Å². The molecule has 0 radical (unpaired) electrons. The molecular formula is C21H22N4O2S. The van der Waals surface area contributed by atoms with Crippen molar-refractivity contribution in [2.75, 3.05) is 18.4 Å². The second-order valence-electron chi connectivity index (χ2n) is 6.18. The number of aromatic nitrogens is 1. The van der Waals surface area contributed by atoms with E-state index in [1.165, 1.54) is 6.08 Å². The first-order valence-corrected chi connectivity index (χ1v) is 9.84. The van der Waals surface area contributed by atoms with Gasteiger partial charge in [0.25, 0.3) is 0 Å². The minimum Gasteiger partial charge on any atom is -0.360 e. The van der Waals surface area contributed by atoms with E-state index < -0.39 is 6.04 Å². The van der Waals surface area contributed by atoms with Crippen LogP contribution in [0.1, 0.15) is 12.5 Å². The van der Waals surface area contributed by atoms with Gasteiger partial charge in [-0.15, -0.1) is 0 Å². The number of hydrogen-bond donors (Lipinski definition) is 3. The average Bonchev–Trinajstić information content (AvgIpc) is 3.13. The van der Waals surface area contributed by atoms with Gasteiger partial charge in [-0.2, -0.15) is 0 Å². The standard InChI is InChI=1S/C21H22N4O2S/c1-15(24-19(26)12-11-16-7-3-2-4-8-16)20(27)22-13-14-23-21-25-17-9-5-6-10-18(17)28-21/h2-12,15H,13-14H2,1H3,(H,22,27)(H,23,25)(H,24,26)/b12-11+. The maximum Gasteiger partial charge on any atom is 0.244 e. The number of carbonyl (C=O) groups excluding carboxylic acids is 2. The minimum absolute atomic E-state index is 0.229. The number of fused-ring (bicyclic) bond motifs is 1. The highest BCUT2D eigenvalue weighted by molar-refractivity contribution is 7.22. The van der Waals surface area contributed by atoms with Crippen LogP contribution in [0.3, 0.4) is 0 Å². The van der Waals surface area contributed by atoms with Crippen LogP contribution in [0.4, 0.5) is 5.13 Å². The van der Waals surface area contributed by atoms with Gasteiger partial charge >= 0.3 is 0 Å². The molecule has 0 saturated carbocycles. The first-order valence-electron chi connectivity index (χ1n) is 9.02. The summed E-state index contributed by atoms with van der Waals surface area (Å²) in [5, 5.41) is 9.48. The number of rotatable bonds is 8. The maximum atomic E-state index is 12.1. The number of thiazole rings is 1. The van der Waals surface area contributed by atoms with E-state index in [9.17, 15) is 9.59 Å². The molecule has 3 N–H and O–H groups in total. The Morgan fingerprint density at radius 1 is 1.07 bits per heavy atom. The lowest BCUT2D eigenvalue weighted by molar-refractivity contribution is -0.126. The molecule has 28 heavy (non-hydrogen) atoms. The number of anilines is 1. The Bertz CT molecular complexity index is 936. The van der Waals surface area contributed by atoms with E-state index in [0.717, 1.165) is 20.9 Å². The third-order valence-corrected chi connectivity index (χ3v) is 4.97. The molecule has 0 spiro atoms. The van der Waals surface area contributed by atoms with Crippen molar-refractivity contribution in [2.45, 2.75) is 13.0 Å². The van der Waals surface area contributed by atoms with Crippen molar-refractivity contribution < 1.29 is 9.59 Å². The van der Waals surface area contributed by atoms with Crippen molar-refractivity contribution in [1.29, 1.82) is 0 Å². The molecule has 6 nitrogen and oxygen atoms in total. The number of hydrogen-bond acceptors (Lipinski definition) is 5. The lowest BCUT2D eigenvalue weighted by Gasteiger charge is -2.13. The van der Waals surface area contributed by atoms with Gasteiger partial charge in [0.1, 0.15) is 6.04 Å². The number of nitrogens with one attached hydrogen (secondary N) is 3. The van der Waals surface area contributed by atoms with Crippen LogP contribution in [0.2, 0.25) is 0 Å². The highest BCUT2D eigenvalue weighted by Gasteiger charge is 2.13. The highest BCUT2D eigenvalue weighted by Crippen LogP contribution is 2.24. The Morgan fingerprint density at radius 3 is 2.61 bits per heavy atom. The van der Waals surface area contributed by atoms with Gasteiger partial charge in [0.05, 0.1) is 10.2 Å². The highest BCUT2D eigenvalue weighted by atomic mass is 32.1. The van der Waals surface area contributed by atoms with Crippen molar-refractivity contribution in [2.24, 2.45) is 0 Å².